The summed E-state index contributed by atoms with van der Waals surface area (Å²) in [5, 5.41) is 26.9. The lowest BCUT2D eigenvalue weighted by atomic mass is 10.0. The zero-order valence-corrected chi connectivity index (χ0v) is 15.8. The summed E-state index contributed by atoms with van der Waals surface area (Å²) in [4.78, 5) is 10.5. The molecule has 0 amide bonds. The van der Waals surface area contributed by atoms with Gasteiger partial charge in [0.25, 0.3) is 5.79 Å². The molecular weight excluding hydrogens is 304 g/mol. The van der Waals surface area contributed by atoms with Gasteiger partial charge in [-0.05, 0) is 6.42 Å². The molecule has 0 aromatic heterocycles. The molecule has 4 heteroatoms. The van der Waals surface area contributed by atoms with Crippen LogP contribution in [0, 0.1) is 0 Å². The minimum atomic E-state index is -2.55. The molecule has 0 aromatic carbocycles. The molecule has 0 unspecified atom stereocenters. The number of carboxylic acids is 1. The fourth-order valence-corrected chi connectivity index (χ4v) is 3.03. The van der Waals surface area contributed by atoms with Crippen LogP contribution in [0.4, 0.5) is 0 Å². The maximum Gasteiger partial charge on any atom is 0.364 e. The van der Waals surface area contributed by atoms with E-state index in [0.29, 0.717) is 6.42 Å². The van der Waals surface area contributed by atoms with E-state index in [-0.39, 0.29) is 6.42 Å². The quantitative estimate of drug-likeness (QED) is 0.230. The van der Waals surface area contributed by atoms with Crippen molar-refractivity contribution >= 4 is 5.97 Å². The largest absolute Gasteiger partial charge is 0.477 e. The van der Waals surface area contributed by atoms with Gasteiger partial charge in [0.15, 0.2) is 0 Å². The lowest BCUT2D eigenvalue weighted by Gasteiger charge is -2.15. The van der Waals surface area contributed by atoms with Crippen LogP contribution in [0.5, 0.6) is 0 Å². The van der Waals surface area contributed by atoms with Crippen molar-refractivity contribution in [2.45, 2.75) is 122 Å². The first kappa shape index (κ1) is 23.4. The Labute approximate surface area is 148 Å². The third kappa shape index (κ3) is 14.9. The van der Waals surface area contributed by atoms with Crippen molar-refractivity contribution in [1.82, 2.24) is 0 Å². The van der Waals surface area contributed by atoms with E-state index >= 15 is 0 Å². The van der Waals surface area contributed by atoms with E-state index < -0.39 is 11.8 Å². The van der Waals surface area contributed by atoms with Crippen LogP contribution < -0.4 is 0 Å². The highest BCUT2D eigenvalue weighted by atomic mass is 16.5. The molecule has 0 saturated carbocycles. The Balaban J connectivity index is 3.14. The Morgan fingerprint density at radius 1 is 0.625 bits per heavy atom. The smallest absolute Gasteiger partial charge is 0.364 e. The summed E-state index contributed by atoms with van der Waals surface area (Å²) in [5.74, 6) is -4.10. The molecule has 0 fully saturated rings. The second-order valence-electron chi connectivity index (χ2n) is 7.18. The first-order valence-electron chi connectivity index (χ1n) is 10.2. The third-order valence-electron chi connectivity index (χ3n) is 4.72. The Morgan fingerprint density at radius 2 is 0.917 bits per heavy atom. The molecule has 0 atom stereocenters. The molecule has 0 aromatic rings. The molecule has 24 heavy (non-hydrogen) atoms. The van der Waals surface area contributed by atoms with Crippen LogP contribution in [0.1, 0.15) is 116 Å². The lowest BCUT2D eigenvalue weighted by Crippen LogP contribution is -2.37. The van der Waals surface area contributed by atoms with Crippen molar-refractivity contribution in [1.29, 1.82) is 0 Å². The van der Waals surface area contributed by atoms with Crippen molar-refractivity contribution in [2.24, 2.45) is 0 Å². The predicted octanol–water partition coefficient (Wildman–Crippen LogP) is 5.40. The Kier molecular flexibility index (Phi) is 15.5. The zero-order chi connectivity index (χ0) is 18.1. The van der Waals surface area contributed by atoms with Crippen LogP contribution in [0.15, 0.2) is 0 Å². The molecule has 0 aliphatic rings. The summed E-state index contributed by atoms with van der Waals surface area (Å²) >= 11 is 0. The number of carbonyl (C=O) groups is 1. The van der Waals surface area contributed by atoms with Gasteiger partial charge in [0.1, 0.15) is 0 Å². The molecule has 0 spiro atoms. The van der Waals surface area contributed by atoms with Gasteiger partial charge in [0, 0.05) is 6.42 Å². The van der Waals surface area contributed by atoms with Gasteiger partial charge in [0.05, 0.1) is 0 Å². The fraction of sp³-hybridized carbons (Fsp3) is 0.950. The average Bonchev–Trinajstić information content (AvgIpc) is 2.54. The summed E-state index contributed by atoms with van der Waals surface area (Å²) in [7, 11) is 0. The molecule has 0 aliphatic heterocycles. The Hall–Kier alpha value is -0.610. The predicted molar refractivity (Wildman–Crippen MR) is 99.0 cm³/mol. The second kappa shape index (κ2) is 15.9. The van der Waals surface area contributed by atoms with Crippen LogP contribution >= 0.6 is 0 Å². The van der Waals surface area contributed by atoms with Gasteiger partial charge in [-0.3, -0.25) is 0 Å². The van der Waals surface area contributed by atoms with Gasteiger partial charge >= 0.3 is 5.97 Å². The molecule has 144 valence electrons. The number of unbranched alkanes of at least 4 members (excludes halogenated alkanes) is 15. The molecule has 0 saturated heterocycles. The number of aliphatic hydroxyl groups is 2. The molecule has 0 heterocycles. The summed E-state index contributed by atoms with van der Waals surface area (Å²) < 4.78 is 0. The Bertz CT molecular complexity index is 289. The minimum absolute atomic E-state index is 0.0826. The summed E-state index contributed by atoms with van der Waals surface area (Å²) in [6.07, 6.45) is 19.9. The summed E-state index contributed by atoms with van der Waals surface area (Å²) in [6.45, 7) is 2.26. The summed E-state index contributed by atoms with van der Waals surface area (Å²) in [5.41, 5.74) is 0. The molecule has 0 rings (SSSR count). The van der Waals surface area contributed by atoms with Crippen LogP contribution in [-0.4, -0.2) is 27.1 Å². The van der Waals surface area contributed by atoms with Gasteiger partial charge in [0.2, 0.25) is 0 Å². The van der Waals surface area contributed by atoms with E-state index in [2.05, 4.69) is 6.92 Å². The first-order valence-corrected chi connectivity index (χ1v) is 10.2. The van der Waals surface area contributed by atoms with Gasteiger partial charge < -0.3 is 15.3 Å². The average molecular weight is 345 g/mol. The van der Waals surface area contributed by atoms with Crippen LogP contribution in [0.2, 0.25) is 0 Å². The standard InChI is InChI=1S/C20H40O4/c1-2-3-4-5-6-7-8-9-10-11-12-13-14-15-16-17-18-20(23,24)19(21)22/h23-24H,2-18H2,1H3,(H,21,22). The van der Waals surface area contributed by atoms with Crippen molar-refractivity contribution in [3.63, 3.8) is 0 Å². The Morgan fingerprint density at radius 3 is 1.21 bits per heavy atom. The lowest BCUT2D eigenvalue weighted by molar-refractivity contribution is -0.205. The van der Waals surface area contributed by atoms with Crippen molar-refractivity contribution in [2.75, 3.05) is 0 Å². The first-order chi connectivity index (χ1) is 11.5. The van der Waals surface area contributed by atoms with E-state index in [1.54, 1.807) is 0 Å². The van der Waals surface area contributed by atoms with Gasteiger partial charge in [-0.1, -0.05) is 103 Å². The normalized spacial score (nSPS) is 11.8. The van der Waals surface area contributed by atoms with E-state index in [1.165, 1.54) is 77.0 Å². The van der Waals surface area contributed by atoms with Crippen molar-refractivity contribution in [3.05, 3.63) is 0 Å². The monoisotopic (exact) mass is 344 g/mol. The molecular formula is C20H40O4. The maximum atomic E-state index is 10.5. The second-order valence-corrected chi connectivity index (χ2v) is 7.18. The molecule has 0 radical (unpaired) electrons. The number of rotatable bonds is 18. The summed E-state index contributed by atoms with van der Waals surface area (Å²) in [6, 6.07) is 0. The van der Waals surface area contributed by atoms with Crippen LogP contribution in [-0.2, 0) is 4.79 Å². The van der Waals surface area contributed by atoms with Gasteiger partial charge in [-0.2, -0.15) is 0 Å². The SMILES string of the molecule is CCCCCCCCCCCCCCCCCCC(O)(O)C(=O)O. The topological polar surface area (TPSA) is 77.8 Å². The fourth-order valence-electron chi connectivity index (χ4n) is 3.03. The van der Waals surface area contributed by atoms with Crippen LogP contribution in [0.25, 0.3) is 0 Å². The van der Waals surface area contributed by atoms with Crippen molar-refractivity contribution < 1.29 is 20.1 Å². The zero-order valence-electron chi connectivity index (χ0n) is 15.8. The number of hydrogen-bond acceptors (Lipinski definition) is 3. The number of hydrogen-bond donors (Lipinski definition) is 3. The number of aliphatic carboxylic acids is 1. The number of carboxylic acid groups (broad SMARTS) is 1. The third-order valence-corrected chi connectivity index (χ3v) is 4.72. The van der Waals surface area contributed by atoms with Crippen molar-refractivity contribution in [3.8, 4) is 0 Å². The van der Waals surface area contributed by atoms with Gasteiger partial charge in [-0.25, -0.2) is 4.79 Å². The van der Waals surface area contributed by atoms with Crippen LogP contribution in [0.3, 0.4) is 0 Å². The molecule has 0 aliphatic carbocycles. The molecule has 3 N–H and O–H groups in total. The highest BCUT2D eigenvalue weighted by molar-refractivity contribution is 5.74. The highest BCUT2D eigenvalue weighted by Gasteiger charge is 2.31. The van der Waals surface area contributed by atoms with E-state index in [0.717, 1.165) is 19.3 Å². The van der Waals surface area contributed by atoms with E-state index in [9.17, 15) is 4.79 Å². The minimum Gasteiger partial charge on any atom is -0.477 e. The van der Waals surface area contributed by atoms with Gasteiger partial charge in [-0.15, -0.1) is 0 Å². The van der Waals surface area contributed by atoms with E-state index in [1.807, 2.05) is 0 Å². The maximum absolute atomic E-state index is 10.5. The van der Waals surface area contributed by atoms with E-state index in [4.69, 9.17) is 15.3 Å². The molecule has 0 bridgehead atoms. The molecule has 4 nitrogen and oxygen atoms in total. The highest BCUT2D eigenvalue weighted by Crippen LogP contribution is 2.16.